The summed E-state index contributed by atoms with van der Waals surface area (Å²) < 4.78 is 13.7. The minimum absolute atomic E-state index is 0.0848. The number of fused-ring (bicyclic) bond motifs is 1. The van der Waals surface area contributed by atoms with Crippen molar-refractivity contribution in [3.63, 3.8) is 0 Å². The summed E-state index contributed by atoms with van der Waals surface area (Å²) in [5, 5.41) is 14.6. The van der Waals surface area contributed by atoms with E-state index in [0.717, 1.165) is 29.7 Å². The van der Waals surface area contributed by atoms with Gasteiger partial charge in [0.05, 0.1) is 5.56 Å². The van der Waals surface area contributed by atoms with Crippen LogP contribution in [-0.4, -0.2) is 26.1 Å². The van der Waals surface area contributed by atoms with Gasteiger partial charge in [-0.05, 0) is 59.9 Å². The maximum atomic E-state index is 13.7. The number of hydrogen-bond donors (Lipinski definition) is 1. The Bertz CT molecular complexity index is 937. The van der Waals surface area contributed by atoms with E-state index >= 15 is 0 Å². The largest absolute Gasteiger partial charge is 0.324 e. The molecule has 0 bridgehead atoms. The standard InChI is InChI=1S/C18H16FN5O/c19-16-7-2-1-6-15(16)18-21-23-24(22-18)11-17(25)20-14-9-8-12-4-3-5-13(12)10-14/h1-2,6-10H,3-5,11H2,(H,20,25). The smallest absolute Gasteiger partial charge is 0.248 e. The Balaban J connectivity index is 1.44. The molecule has 0 atom stereocenters. The topological polar surface area (TPSA) is 72.7 Å². The van der Waals surface area contributed by atoms with Crippen molar-refractivity contribution in [2.75, 3.05) is 5.32 Å². The highest BCUT2D eigenvalue weighted by molar-refractivity contribution is 5.90. The van der Waals surface area contributed by atoms with Gasteiger partial charge >= 0.3 is 0 Å². The third-order valence-corrected chi connectivity index (χ3v) is 4.23. The van der Waals surface area contributed by atoms with E-state index in [1.165, 1.54) is 17.2 Å². The lowest BCUT2D eigenvalue weighted by molar-refractivity contribution is -0.117. The molecule has 1 aromatic heterocycles. The summed E-state index contributed by atoms with van der Waals surface area (Å²) in [7, 11) is 0. The molecule has 0 fully saturated rings. The first-order chi connectivity index (χ1) is 12.2. The minimum atomic E-state index is -0.426. The van der Waals surface area contributed by atoms with Gasteiger partial charge in [-0.1, -0.05) is 18.2 Å². The van der Waals surface area contributed by atoms with E-state index in [0.29, 0.717) is 0 Å². The van der Waals surface area contributed by atoms with E-state index in [2.05, 4.69) is 26.8 Å². The van der Waals surface area contributed by atoms with Crippen LogP contribution in [0.3, 0.4) is 0 Å². The zero-order valence-corrected chi connectivity index (χ0v) is 13.4. The number of aromatic nitrogens is 4. The van der Waals surface area contributed by atoms with Crippen molar-refractivity contribution in [1.29, 1.82) is 0 Å². The van der Waals surface area contributed by atoms with Crippen LogP contribution >= 0.6 is 0 Å². The van der Waals surface area contributed by atoms with Gasteiger partial charge in [-0.2, -0.15) is 4.80 Å². The van der Waals surface area contributed by atoms with E-state index in [1.807, 2.05) is 12.1 Å². The molecule has 1 aliphatic rings. The van der Waals surface area contributed by atoms with Crippen LogP contribution in [-0.2, 0) is 24.2 Å². The summed E-state index contributed by atoms with van der Waals surface area (Å²) in [6, 6.07) is 12.2. The van der Waals surface area contributed by atoms with E-state index in [1.54, 1.807) is 18.2 Å². The first-order valence-corrected chi connectivity index (χ1v) is 8.13. The van der Waals surface area contributed by atoms with Crippen LogP contribution in [0, 0.1) is 5.82 Å². The lowest BCUT2D eigenvalue weighted by Crippen LogP contribution is -2.20. The highest BCUT2D eigenvalue weighted by atomic mass is 19.1. The number of nitrogens with one attached hydrogen (secondary N) is 1. The van der Waals surface area contributed by atoms with Crippen LogP contribution in [0.4, 0.5) is 10.1 Å². The van der Waals surface area contributed by atoms with Crippen LogP contribution in [0.5, 0.6) is 0 Å². The fourth-order valence-corrected chi connectivity index (χ4v) is 3.04. The van der Waals surface area contributed by atoms with Crippen LogP contribution in [0.15, 0.2) is 42.5 Å². The number of aryl methyl sites for hydroxylation is 2. The summed E-state index contributed by atoms with van der Waals surface area (Å²) in [4.78, 5) is 13.3. The molecule has 2 aromatic carbocycles. The molecule has 25 heavy (non-hydrogen) atoms. The van der Waals surface area contributed by atoms with E-state index < -0.39 is 5.82 Å². The van der Waals surface area contributed by atoms with Gasteiger partial charge in [-0.3, -0.25) is 4.79 Å². The Hall–Kier alpha value is -3.09. The highest BCUT2D eigenvalue weighted by Crippen LogP contribution is 2.24. The number of hydrogen-bond acceptors (Lipinski definition) is 4. The van der Waals surface area contributed by atoms with Gasteiger partial charge in [0, 0.05) is 5.69 Å². The zero-order valence-electron chi connectivity index (χ0n) is 13.4. The quantitative estimate of drug-likeness (QED) is 0.794. The lowest BCUT2D eigenvalue weighted by Gasteiger charge is -2.06. The van der Waals surface area contributed by atoms with Gasteiger partial charge in [-0.15, -0.1) is 10.2 Å². The summed E-state index contributed by atoms with van der Waals surface area (Å²) >= 11 is 0. The number of rotatable bonds is 4. The first kappa shape index (κ1) is 15.4. The second kappa shape index (κ2) is 6.43. The van der Waals surface area contributed by atoms with Crippen LogP contribution < -0.4 is 5.32 Å². The summed E-state index contributed by atoms with van der Waals surface area (Å²) in [5.74, 6) is -0.525. The van der Waals surface area contributed by atoms with Crippen LogP contribution in [0.25, 0.3) is 11.4 Å². The number of tetrazole rings is 1. The molecule has 0 radical (unpaired) electrons. The van der Waals surface area contributed by atoms with E-state index in [4.69, 9.17) is 0 Å². The molecule has 6 nitrogen and oxygen atoms in total. The SMILES string of the molecule is O=C(Cn1nnc(-c2ccccc2F)n1)Nc1ccc2c(c1)CCC2. The first-order valence-electron chi connectivity index (χ1n) is 8.13. The number of carbonyl (C=O) groups is 1. The highest BCUT2D eigenvalue weighted by Gasteiger charge is 2.14. The van der Waals surface area contributed by atoms with Crippen molar-refractivity contribution in [2.45, 2.75) is 25.8 Å². The van der Waals surface area contributed by atoms with Gasteiger partial charge in [-0.25, -0.2) is 4.39 Å². The molecule has 1 aliphatic carbocycles. The van der Waals surface area contributed by atoms with Crippen molar-refractivity contribution in [1.82, 2.24) is 20.2 Å². The number of amides is 1. The van der Waals surface area contributed by atoms with Crippen LogP contribution in [0.2, 0.25) is 0 Å². The summed E-state index contributed by atoms with van der Waals surface area (Å²) in [6.07, 6.45) is 3.31. The van der Waals surface area contributed by atoms with Gasteiger partial charge in [0.1, 0.15) is 12.4 Å². The molecule has 126 valence electrons. The molecule has 4 rings (SSSR count). The number of anilines is 1. The Kier molecular flexibility index (Phi) is 3.97. The molecule has 1 heterocycles. The molecule has 0 saturated carbocycles. The minimum Gasteiger partial charge on any atom is -0.324 e. The molecular formula is C18H16FN5O. The predicted molar refractivity (Wildman–Crippen MR) is 90.3 cm³/mol. The van der Waals surface area contributed by atoms with Crippen molar-refractivity contribution in [3.8, 4) is 11.4 Å². The third kappa shape index (κ3) is 3.26. The fraction of sp³-hybridized carbons (Fsp3) is 0.222. The third-order valence-electron chi connectivity index (χ3n) is 4.23. The van der Waals surface area contributed by atoms with Crippen molar-refractivity contribution in [2.24, 2.45) is 0 Å². The molecule has 1 N–H and O–H groups in total. The van der Waals surface area contributed by atoms with E-state index in [-0.39, 0.29) is 23.8 Å². The molecule has 7 heteroatoms. The molecule has 0 aliphatic heterocycles. The molecular weight excluding hydrogens is 321 g/mol. The Morgan fingerprint density at radius 3 is 2.88 bits per heavy atom. The molecule has 0 spiro atoms. The average molecular weight is 337 g/mol. The van der Waals surface area contributed by atoms with Gasteiger partial charge < -0.3 is 5.32 Å². The van der Waals surface area contributed by atoms with Gasteiger partial charge in [0.25, 0.3) is 0 Å². The van der Waals surface area contributed by atoms with E-state index in [9.17, 15) is 9.18 Å². The Morgan fingerprint density at radius 2 is 2.00 bits per heavy atom. The molecule has 1 amide bonds. The Morgan fingerprint density at radius 1 is 1.16 bits per heavy atom. The maximum Gasteiger partial charge on any atom is 0.248 e. The summed E-state index contributed by atoms with van der Waals surface area (Å²) in [6.45, 7) is -0.0848. The molecule has 0 saturated heterocycles. The molecule has 0 unspecified atom stereocenters. The number of nitrogens with zero attached hydrogens (tertiary/aromatic N) is 4. The van der Waals surface area contributed by atoms with Gasteiger partial charge in [0.15, 0.2) is 0 Å². The van der Waals surface area contributed by atoms with Crippen molar-refractivity contribution in [3.05, 3.63) is 59.4 Å². The number of benzene rings is 2. The Labute approximate surface area is 143 Å². The van der Waals surface area contributed by atoms with Crippen LogP contribution in [0.1, 0.15) is 17.5 Å². The fourth-order valence-electron chi connectivity index (χ4n) is 3.04. The second-order valence-corrected chi connectivity index (χ2v) is 6.01. The number of carbonyl (C=O) groups excluding carboxylic acids is 1. The summed E-state index contributed by atoms with van der Waals surface area (Å²) in [5.41, 5.74) is 3.66. The zero-order chi connectivity index (χ0) is 17.2. The second-order valence-electron chi connectivity index (χ2n) is 6.01. The van der Waals surface area contributed by atoms with Crippen molar-refractivity contribution >= 4 is 11.6 Å². The predicted octanol–water partition coefficient (Wildman–Crippen LogP) is 2.61. The maximum absolute atomic E-state index is 13.7. The van der Waals surface area contributed by atoms with Crippen molar-refractivity contribution < 1.29 is 9.18 Å². The average Bonchev–Trinajstić information content (AvgIpc) is 3.24. The number of halogens is 1. The monoisotopic (exact) mass is 337 g/mol. The lowest BCUT2D eigenvalue weighted by atomic mass is 10.1. The van der Waals surface area contributed by atoms with Gasteiger partial charge in [0.2, 0.25) is 11.7 Å². The molecule has 3 aromatic rings. The normalized spacial score (nSPS) is 12.8.